The maximum absolute atomic E-state index is 4.52. The van der Waals surface area contributed by atoms with Crippen LogP contribution in [-0.2, 0) is 19.6 Å². The molecule has 0 saturated heterocycles. The Labute approximate surface area is 120 Å². The summed E-state index contributed by atoms with van der Waals surface area (Å²) in [5.74, 6) is 0. The van der Waals surface area contributed by atoms with Gasteiger partial charge in [0.15, 0.2) is 0 Å². The molecule has 4 heteroatoms. The summed E-state index contributed by atoms with van der Waals surface area (Å²) in [6.07, 6.45) is 5.62. The lowest BCUT2D eigenvalue weighted by molar-refractivity contribution is 0.315. The SMILES string of the molecule is CCNCc1ccc(CN(C)Cc2ccncc2)nc1. The van der Waals surface area contributed by atoms with Gasteiger partial charge in [-0.05, 0) is 42.9 Å². The number of hydrogen-bond donors (Lipinski definition) is 1. The average molecular weight is 270 g/mol. The van der Waals surface area contributed by atoms with Crippen LogP contribution in [0.2, 0.25) is 0 Å². The molecule has 2 rings (SSSR count). The topological polar surface area (TPSA) is 41.0 Å². The smallest absolute Gasteiger partial charge is 0.0544 e. The number of nitrogens with one attached hydrogen (secondary N) is 1. The van der Waals surface area contributed by atoms with Crippen molar-refractivity contribution in [2.24, 2.45) is 0 Å². The van der Waals surface area contributed by atoms with Crippen LogP contribution in [0.1, 0.15) is 23.7 Å². The van der Waals surface area contributed by atoms with Crippen LogP contribution in [-0.4, -0.2) is 28.5 Å². The molecular weight excluding hydrogens is 248 g/mol. The van der Waals surface area contributed by atoms with Crippen molar-refractivity contribution < 1.29 is 0 Å². The highest BCUT2D eigenvalue weighted by molar-refractivity contribution is 5.14. The molecule has 0 atom stereocenters. The molecule has 0 bridgehead atoms. The van der Waals surface area contributed by atoms with E-state index >= 15 is 0 Å². The van der Waals surface area contributed by atoms with Crippen molar-refractivity contribution in [3.05, 3.63) is 59.7 Å². The van der Waals surface area contributed by atoms with Crippen LogP contribution >= 0.6 is 0 Å². The molecule has 2 aromatic heterocycles. The quantitative estimate of drug-likeness (QED) is 0.837. The Morgan fingerprint density at radius 2 is 1.85 bits per heavy atom. The monoisotopic (exact) mass is 270 g/mol. The van der Waals surface area contributed by atoms with Crippen LogP contribution in [0.25, 0.3) is 0 Å². The standard InChI is InChI=1S/C16H22N4/c1-3-17-10-15-4-5-16(19-11-15)13-20(2)12-14-6-8-18-9-7-14/h4-9,11,17H,3,10,12-13H2,1-2H3. The highest BCUT2D eigenvalue weighted by Crippen LogP contribution is 2.06. The minimum atomic E-state index is 0.851. The van der Waals surface area contributed by atoms with Crippen molar-refractivity contribution in [3.8, 4) is 0 Å². The van der Waals surface area contributed by atoms with Gasteiger partial charge in [-0.25, -0.2) is 0 Å². The lowest BCUT2D eigenvalue weighted by atomic mass is 10.2. The summed E-state index contributed by atoms with van der Waals surface area (Å²) in [7, 11) is 2.11. The lowest BCUT2D eigenvalue weighted by Crippen LogP contribution is -2.18. The zero-order valence-electron chi connectivity index (χ0n) is 12.2. The molecule has 0 fully saturated rings. The number of nitrogens with zero attached hydrogens (tertiary/aromatic N) is 3. The van der Waals surface area contributed by atoms with Crippen LogP contribution in [0.4, 0.5) is 0 Å². The molecule has 2 aromatic rings. The Kier molecular flexibility index (Phi) is 5.65. The largest absolute Gasteiger partial charge is 0.313 e. The highest BCUT2D eigenvalue weighted by Gasteiger charge is 2.03. The molecule has 0 aliphatic rings. The molecule has 20 heavy (non-hydrogen) atoms. The first-order valence-electron chi connectivity index (χ1n) is 7.00. The first kappa shape index (κ1) is 14.6. The molecule has 106 valence electrons. The Bertz CT molecular complexity index is 496. The normalized spacial score (nSPS) is 10.9. The van der Waals surface area contributed by atoms with E-state index in [9.17, 15) is 0 Å². The molecule has 0 radical (unpaired) electrons. The van der Waals surface area contributed by atoms with Gasteiger partial charge in [0.25, 0.3) is 0 Å². The van der Waals surface area contributed by atoms with Crippen molar-refractivity contribution >= 4 is 0 Å². The minimum absolute atomic E-state index is 0.851. The molecule has 1 N–H and O–H groups in total. The third-order valence-corrected chi connectivity index (χ3v) is 3.10. The van der Waals surface area contributed by atoms with Crippen LogP contribution in [0.5, 0.6) is 0 Å². The van der Waals surface area contributed by atoms with Crippen LogP contribution in [0.15, 0.2) is 42.9 Å². The van der Waals surface area contributed by atoms with Gasteiger partial charge < -0.3 is 5.32 Å². The molecular formula is C16H22N4. The summed E-state index contributed by atoms with van der Waals surface area (Å²) in [6, 6.07) is 8.34. The molecule has 0 amide bonds. The van der Waals surface area contributed by atoms with Crippen LogP contribution < -0.4 is 5.32 Å². The van der Waals surface area contributed by atoms with E-state index in [1.165, 1.54) is 11.1 Å². The van der Waals surface area contributed by atoms with Gasteiger partial charge >= 0.3 is 0 Å². The van der Waals surface area contributed by atoms with E-state index in [4.69, 9.17) is 0 Å². The maximum atomic E-state index is 4.52. The van der Waals surface area contributed by atoms with Gasteiger partial charge in [0, 0.05) is 38.2 Å². The summed E-state index contributed by atoms with van der Waals surface area (Å²) in [5.41, 5.74) is 3.60. The van der Waals surface area contributed by atoms with Gasteiger partial charge in [0.2, 0.25) is 0 Å². The molecule has 0 spiro atoms. The van der Waals surface area contributed by atoms with Gasteiger partial charge in [-0.15, -0.1) is 0 Å². The average Bonchev–Trinajstić information content (AvgIpc) is 2.47. The summed E-state index contributed by atoms with van der Waals surface area (Å²) >= 11 is 0. The fourth-order valence-electron chi connectivity index (χ4n) is 2.05. The van der Waals surface area contributed by atoms with E-state index < -0.39 is 0 Å². The van der Waals surface area contributed by atoms with E-state index in [-0.39, 0.29) is 0 Å². The minimum Gasteiger partial charge on any atom is -0.313 e. The van der Waals surface area contributed by atoms with Gasteiger partial charge in [-0.1, -0.05) is 13.0 Å². The predicted molar refractivity (Wildman–Crippen MR) is 81.0 cm³/mol. The van der Waals surface area contributed by atoms with Crippen molar-refractivity contribution in [2.45, 2.75) is 26.6 Å². The third-order valence-electron chi connectivity index (χ3n) is 3.10. The van der Waals surface area contributed by atoms with Crippen LogP contribution in [0.3, 0.4) is 0 Å². The lowest BCUT2D eigenvalue weighted by Gasteiger charge is -2.16. The van der Waals surface area contributed by atoms with Crippen molar-refractivity contribution in [2.75, 3.05) is 13.6 Å². The van der Waals surface area contributed by atoms with Gasteiger partial charge in [-0.2, -0.15) is 0 Å². The van der Waals surface area contributed by atoms with Gasteiger partial charge in [-0.3, -0.25) is 14.9 Å². The number of pyridine rings is 2. The maximum Gasteiger partial charge on any atom is 0.0544 e. The van der Waals surface area contributed by atoms with Crippen molar-refractivity contribution in [1.82, 2.24) is 20.2 Å². The van der Waals surface area contributed by atoms with E-state index in [0.717, 1.165) is 31.9 Å². The second kappa shape index (κ2) is 7.72. The molecule has 2 heterocycles. The van der Waals surface area contributed by atoms with Gasteiger partial charge in [0.1, 0.15) is 0 Å². The molecule has 0 aliphatic heterocycles. The summed E-state index contributed by atoms with van der Waals surface area (Å²) in [5, 5.41) is 3.30. The third kappa shape index (κ3) is 4.72. The Hall–Kier alpha value is -1.78. The zero-order valence-corrected chi connectivity index (χ0v) is 12.2. The Morgan fingerprint density at radius 3 is 2.50 bits per heavy atom. The fraction of sp³-hybridized carbons (Fsp3) is 0.375. The van der Waals surface area contributed by atoms with E-state index in [0.29, 0.717) is 0 Å². The van der Waals surface area contributed by atoms with Crippen molar-refractivity contribution in [3.63, 3.8) is 0 Å². The Balaban J connectivity index is 1.86. The first-order valence-corrected chi connectivity index (χ1v) is 7.00. The molecule has 4 nitrogen and oxygen atoms in total. The summed E-state index contributed by atoms with van der Waals surface area (Å²) in [4.78, 5) is 10.8. The van der Waals surface area contributed by atoms with E-state index in [1.807, 2.05) is 30.7 Å². The predicted octanol–water partition coefficient (Wildman–Crippen LogP) is 2.22. The second-order valence-electron chi connectivity index (χ2n) is 4.97. The highest BCUT2D eigenvalue weighted by atomic mass is 15.1. The first-order chi connectivity index (χ1) is 9.78. The molecule has 0 aromatic carbocycles. The molecule has 0 unspecified atom stereocenters. The Morgan fingerprint density at radius 1 is 1.05 bits per heavy atom. The van der Waals surface area contributed by atoms with Gasteiger partial charge in [0.05, 0.1) is 5.69 Å². The summed E-state index contributed by atoms with van der Waals surface area (Å²) in [6.45, 7) is 5.73. The van der Waals surface area contributed by atoms with E-state index in [2.05, 4.69) is 46.3 Å². The molecule has 0 aliphatic carbocycles. The van der Waals surface area contributed by atoms with Crippen LogP contribution in [0, 0.1) is 0 Å². The fourth-order valence-corrected chi connectivity index (χ4v) is 2.05. The number of rotatable bonds is 7. The molecule has 0 saturated carbocycles. The van der Waals surface area contributed by atoms with E-state index in [1.54, 1.807) is 0 Å². The number of aromatic nitrogens is 2. The zero-order chi connectivity index (χ0) is 14.2. The second-order valence-corrected chi connectivity index (χ2v) is 4.97. The summed E-state index contributed by atoms with van der Waals surface area (Å²) < 4.78 is 0. The van der Waals surface area contributed by atoms with Crippen molar-refractivity contribution in [1.29, 1.82) is 0 Å². The number of hydrogen-bond acceptors (Lipinski definition) is 4.